The Morgan fingerprint density at radius 3 is 2.64 bits per heavy atom. The van der Waals surface area contributed by atoms with E-state index in [0.29, 0.717) is 5.95 Å². The number of nitrogens with one attached hydrogen (secondary N) is 2. The molecule has 10 heteroatoms. The van der Waals surface area contributed by atoms with Gasteiger partial charge in [0.25, 0.3) is 5.91 Å². The molecule has 36 heavy (non-hydrogen) atoms. The smallest absolute Gasteiger partial charge is 0.315 e. The van der Waals surface area contributed by atoms with Gasteiger partial charge in [-0.15, -0.1) is 12.4 Å². The van der Waals surface area contributed by atoms with Gasteiger partial charge in [0.2, 0.25) is 5.95 Å². The van der Waals surface area contributed by atoms with Crippen LogP contribution in [0.3, 0.4) is 0 Å². The Morgan fingerprint density at radius 1 is 1.08 bits per heavy atom. The molecule has 2 fully saturated rings. The summed E-state index contributed by atoms with van der Waals surface area (Å²) < 4.78 is 41.7. The molecule has 1 aromatic heterocycles. The summed E-state index contributed by atoms with van der Waals surface area (Å²) in [4.78, 5) is 20.3. The molecule has 1 atom stereocenters. The van der Waals surface area contributed by atoms with Gasteiger partial charge in [-0.1, -0.05) is 24.6 Å². The predicted octanol–water partition coefficient (Wildman–Crippen LogP) is 5.64. The molecule has 2 aliphatic rings. The molecule has 2 saturated heterocycles. The Kier molecular flexibility index (Phi) is 8.22. The minimum atomic E-state index is -4.51. The first-order chi connectivity index (χ1) is 16.9. The van der Waals surface area contributed by atoms with E-state index >= 15 is 0 Å². The number of anilines is 1. The van der Waals surface area contributed by atoms with Crippen molar-refractivity contribution in [2.75, 3.05) is 31.5 Å². The maximum atomic E-state index is 13.2. The SMILES string of the molecule is Cl.O=C(Nc1nc2cccc(CN3CCCC3)c2n1C1CCCCNC1)c1cccc(C(F)(F)F)c1. The minimum absolute atomic E-state index is 0. The van der Waals surface area contributed by atoms with Crippen LogP contribution in [0.4, 0.5) is 19.1 Å². The van der Waals surface area contributed by atoms with Gasteiger partial charge in [0.05, 0.1) is 16.6 Å². The fraction of sp³-hybridized carbons (Fsp3) is 0.462. The molecule has 0 radical (unpaired) electrons. The molecule has 3 heterocycles. The summed E-state index contributed by atoms with van der Waals surface area (Å²) in [6.45, 7) is 4.62. The number of halogens is 4. The van der Waals surface area contributed by atoms with Gasteiger partial charge in [0, 0.05) is 24.7 Å². The maximum absolute atomic E-state index is 13.2. The van der Waals surface area contributed by atoms with Crippen LogP contribution in [-0.4, -0.2) is 46.5 Å². The molecule has 1 amide bonds. The van der Waals surface area contributed by atoms with E-state index in [9.17, 15) is 18.0 Å². The third kappa shape index (κ3) is 5.68. The van der Waals surface area contributed by atoms with Crippen molar-refractivity contribution < 1.29 is 18.0 Å². The number of fused-ring (bicyclic) bond motifs is 1. The molecule has 1 unspecified atom stereocenters. The number of alkyl halides is 3. The van der Waals surface area contributed by atoms with E-state index in [0.717, 1.165) is 80.7 Å². The Morgan fingerprint density at radius 2 is 1.86 bits per heavy atom. The number of carbonyl (C=O) groups excluding carboxylic acids is 1. The normalized spacial score (nSPS) is 19.1. The molecule has 0 saturated carbocycles. The summed E-state index contributed by atoms with van der Waals surface area (Å²) in [5, 5.41) is 6.32. The van der Waals surface area contributed by atoms with Crippen LogP contribution in [0, 0.1) is 0 Å². The molecule has 6 nitrogen and oxygen atoms in total. The molecule has 0 spiro atoms. The van der Waals surface area contributed by atoms with Crippen LogP contribution in [0.1, 0.15) is 59.6 Å². The van der Waals surface area contributed by atoms with Crippen molar-refractivity contribution in [1.29, 1.82) is 0 Å². The Bertz CT molecular complexity index is 1200. The molecule has 2 N–H and O–H groups in total. The molecular weight excluding hydrogens is 491 g/mol. The number of para-hydroxylation sites is 1. The third-order valence-electron chi connectivity index (χ3n) is 6.95. The van der Waals surface area contributed by atoms with Crippen LogP contribution >= 0.6 is 12.4 Å². The highest BCUT2D eigenvalue weighted by Crippen LogP contribution is 2.33. The van der Waals surface area contributed by atoms with Crippen LogP contribution in [0.25, 0.3) is 11.0 Å². The highest BCUT2D eigenvalue weighted by atomic mass is 35.5. The lowest BCUT2D eigenvalue weighted by atomic mass is 10.1. The molecule has 2 aromatic carbocycles. The van der Waals surface area contributed by atoms with Gasteiger partial charge in [0.1, 0.15) is 0 Å². The van der Waals surface area contributed by atoms with Gasteiger partial charge in [-0.05, 0) is 75.1 Å². The lowest BCUT2D eigenvalue weighted by Gasteiger charge is -2.23. The van der Waals surface area contributed by atoms with Gasteiger partial charge in [0.15, 0.2) is 0 Å². The summed E-state index contributed by atoms with van der Waals surface area (Å²) in [5.41, 5.74) is 2.03. The summed E-state index contributed by atoms with van der Waals surface area (Å²) in [5.74, 6) is -0.222. The number of rotatable bonds is 5. The van der Waals surface area contributed by atoms with Crippen LogP contribution in [0.15, 0.2) is 42.5 Å². The Labute approximate surface area is 214 Å². The number of aromatic nitrogens is 2. The van der Waals surface area contributed by atoms with E-state index in [4.69, 9.17) is 4.98 Å². The molecule has 0 aliphatic carbocycles. The predicted molar refractivity (Wildman–Crippen MR) is 137 cm³/mol. The number of nitrogens with zero attached hydrogens (tertiary/aromatic N) is 3. The van der Waals surface area contributed by atoms with Crippen molar-refractivity contribution in [2.45, 2.75) is 50.9 Å². The van der Waals surface area contributed by atoms with E-state index in [1.165, 1.54) is 25.0 Å². The van der Waals surface area contributed by atoms with Crippen LogP contribution in [-0.2, 0) is 12.7 Å². The fourth-order valence-corrected chi connectivity index (χ4v) is 5.20. The molecule has 2 aliphatic heterocycles. The number of likely N-dealkylation sites (tertiary alicyclic amines) is 1. The van der Waals surface area contributed by atoms with Crippen LogP contribution in [0.5, 0.6) is 0 Å². The van der Waals surface area contributed by atoms with Gasteiger partial charge in [-0.2, -0.15) is 13.2 Å². The second-order valence-corrected chi connectivity index (χ2v) is 9.46. The number of carbonyl (C=O) groups is 1. The summed E-state index contributed by atoms with van der Waals surface area (Å²) >= 11 is 0. The lowest BCUT2D eigenvalue weighted by molar-refractivity contribution is -0.137. The number of hydrogen-bond donors (Lipinski definition) is 2. The lowest BCUT2D eigenvalue weighted by Crippen LogP contribution is -2.26. The number of hydrogen-bond acceptors (Lipinski definition) is 4. The van der Waals surface area contributed by atoms with Gasteiger partial charge in [-0.3, -0.25) is 15.0 Å². The number of imidazole rings is 1. The van der Waals surface area contributed by atoms with Crippen LogP contribution in [0.2, 0.25) is 0 Å². The zero-order valence-corrected chi connectivity index (χ0v) is 20.8. The van der Waals surface area contributed by atoms with E-state index in [2.05, 4.69) is 26.2 Å². The Balaban J connectivity index is 0.00000304. The standard InChI is InChI=1S/C26H30F3N5O.ClH/c27-26(28,29)20-9-5-7-18(15-20)24(35)32-25-31-22-11-6-8-19(17-33-13-3-4-14-33)23(22)34(25)21-10-1-2-12-30-16-21;/h5-9,11,15,21,30H,1-4,10,12-14,16-17H2,(H,31,32,35);1H. The third-order valence-corrected chi connectivity index (χ3v) is 6.95. The molecule has 5 rings (SSSR count). The maximum Gasteiger partial charge on any atom is 0.416 e. The average Bonchev–Trinajstić information content (AvgIpc) is 3.39. The Hall–Kier alpha value is -2.62. The van der Waals surface area contributed by atoms with Crippen molar-refractivity contribution in [3.05, 3.63) is 59.2 Å². The zero-order valence-electron chi connectivity index (χ0n) is 20.0. The monoisotopic (exact) mass is 521 g/mol. The first-order valence-electron chi connectivity index (χ1n) is 12.3. The molecule has 3 aromatic rings. The second-order valence-electron chi connectivity index (χ2n) is 9.46. The van der Waals surface area contributed by atoms with Crippen molar-refractivity contribution in [2.24, 2.45) is 0 Å². The van der Waals surface area contributed by atoms with Crippen molar-refractivity contribution in [1.82, 2.24) is 19.8 Å². The minimum Gasteiger partial charge on any atom is -0.315 e. The van der Waals surface area contributed by atoms with Gasteiger partial charge in [-0.25, -0.2) is 4.98 Å². The van der Waals surface area contributed by atoms with Gasteiger partial charge < -0.3 is 9.88 Å². The topological polar surface area (TPSA) is 62.2 Å². The summed E-state index contributed by atoms with van der Waals surface area (Å²) in [6.07, 6.45) is 0.936. The van der Waals surface area contributed by atoms with Gasteiger partial charge >= 0.3 is 6.18 Å². The first-order valence-corrected chi connectivity index (χ1v) is 12.3. The fourth-order valence-electron chi connectivity index (χ4n) is 5.20. The van der Waals surface area contributed by atoms with Crippen molar-refractivity contribution in [3.8, 4) is 0 Å². The second kappa shape index (κ2) is 11.2. The summed E-state index contributed by atoms with van der Waals surface area (Å²) in [6, 6.07) is 10.6. The van der Waals surface area contributed by atoms with E-state index < -0.39 is 17.6 Å². The zero-order chi connectivity index (χ0) is 24.4. The quantitative estimate of drug-likeness (QED) is 0.456. The van der Waals surface area contributed by atoms with E-state index in [-0.39, 0.29) is 24.0 Å². The highest BCUT2D eigenvalue weighted by Gasteiger charge is 2.31. The van der Waals surface area contributed by atoms with Crippen molar-refractivity contribution in [3.63, 3.8) is 0 Å². The molecular formula is C26H31ClF3N5O. The average molecular weight is 522 g/mol. The highest BCUT2D eigenvalue weighted by molar-refractivity contribution is 6.04. The van der Waals surface area contributed by atoms with E-state index in [1.54, 1.807) is 0 Å². The van der Waals surface area contributed by atoms with E-state index in [1.807, 2.05) is 12.1 Å². The first kappa shape index (κ1) is 26.4. The summed E-state index contributed by atoms with van der Waals surface area (Å²) in [7, 11) is 0. The number of benzene rings is 2. The molecule has 0 bridgehead atoms. The molecule has 194 valence electrons. The number of amides is 1. The van der Waals surface area contributed by atoms with Crippen LogP contribution < -0.4 is 10.6 Å². The largest absolute Gasteiger partial charge is 0.416 e. The van der Waals surface area contributed by atoms with Crippen molar-refractivity contribution >= 4 is 35.3 Å².